The van der Waals surface area contributed by atoms with E-state index in [4.69, 9.17) is 4.55 Å². The summed E-state index contributed by atoms with van der Waals surface area (Å²) >= 11 is -3.31. The third kappa shape index (κ3) is 5.30. The molecule has 0 aromatic carbocycles. The molecule has 0 rings (SSSR count). The van der Waals surface area contributed by atoms with Crippen LogP contribution in [0.5, 0.6) is 0 Å². The van der Waals surface area contributed by atoms with Crippen LogP contribution in [0.2, 0.25) is 0 Å². The first kappa shape index (κ1) is 33.9. The highest BCUT2D eigenvalue weighted by Crippen LogP contribution is 2.64. The van der Waals surface area contributed by atoms with Crippen molar-refractivity contribution in [2.75, 3.05) is 6.54 Å². The Bertz CT molecular complexity index is 752. The Kier molecular flexibility index (Phi) is 9.66. The first-order valence-electron chi connectivity index (χ1n) is 8.68. The Balaban J connectivity index is 6.77. The number of nitrogens with one attached hydrogen (secondary N) is 1. The fourth-order valence-electron chi connectivity index (χ4n) is 2.47. The third-order valence-corrected chi connectivity index (χ3v) is 5.03. The Labute approximate surface area is 186 Å². The van der Waals surface area contributed by atoms with E-state index in [0.717, 1.165) is 4.72 Å². The molecule has 2 N–H and O–H groups in total. The van der Waals surface area contributed by atoms with Gasteiger partial charge in [0.05, 0.1) is 0 Å². The molecule has 0 aromatic heterocycles. The minimum Gasteiger partial charge on any atom is -0.294 e. The quantitative estimate of drug-likeness (QED) is 0.192. The maximum atomic E-state index is 14.2. The second kappa shape index (κ2) is 9.97. The van der Waals surface area contributed by atoms with Crippen LogP contribution in [0.4, 0.5) is 74.6 Å². The van der Waals surface area contributed by atoms with E-state index in [0.29, 0.717) is 0 Å². The van der Waals surface area contributed by atoms with Gasteiger partial charge in [0.1, 0.15) is 0 Å². The predicted octanol–water partition coefficient (Wildman–Crippen LogP) is 6.53. The van der Waals surface area contributed by atoms with Gasteiger partial charge in [0.2, 0.25) is 11.3 Å². The summed E-state index contributed by atoms with van der Waals surface area (Å²) in [5.74, 6) is -60.3. The van der Waals surface area contributed by atoms with Crippen LogP contribution in [-0.2, 0) is 11.3 Å². The Hall–Kier alpha value is -1.12. The van der Waals surface area contributed by atoms with Gasteiger partial charge in [-0.05, 0) is 6.42 Å². The van der Waals surface area contributed by atoms with Crippen molar-refractivity contribution < 1.29 is 83.4 Å². The van der Waals surface area contributed by atoms with E-state index >= 15 is 0 Å². The highest BCUT2D eigenvalue weighted by atomic mass is 32.2. The van der Waals surface area contributed by atoms with Gasteiger partial charge in [-0.3, -0.25) is 4.55 Å². The molecule has 0 saturated heterocycles. The molecule has 0 aliphatic heterocycles. The molecule has 0 spiro atoms. The monoisotopic (exact) mass is 583 g/mol. The van der Waals surface area contributed by atoms with E-state index in [1.165, 1.54) is 6.92 Å². The fraction of sp³-hybridized carbons (Fsp3) is 1.00. The lowest BCUT2D eigenvalue weighted by Gasteiger charge is -2.44. The molecule has 0 amide bonds. The van der Waals surface area contributed by atoms with Crippen molar-refractivity contribution in [3.63, 3.8) is 0 Å². The third-order valence-electron chi connectivity index (χ3n) is 4.62. The van der Waals surface area contributed by atoms with Gasteiger partial charge in [-0.1, -0.05) is 19.8 Å². The molecule has 0 bridgehead atoms. The maximum absolute atomic E-state index is 14.2. The number of rotatable bonds is 13. The zero-order valence-corrected chi connectivity index (χ0v) is 17.4. The van der Waals surface area contributed by atoms with Crippen LogP contribution in [0, 0.1) is 5.92 Å². The topological polar surface area (TPSA) is 49.3 Å². The summed E-state index contributed by atoms with van der Waals surface area (Å²) in [5, 5.41) is 0. The van der Waals surface area contributed by atoms with Gasteiger partial charge >= 0.3 is 47.6 Å². The van der Waals surface area contributed by atoms with Crippen molar-refractivity contribution in [2.45, 2.75) is 73.8 Å². The zero-order valence-electron chi connectivity index (χ0n) is 16.6. The largest absolute Gasteiger partial charge is 0.460 e. The van der Waals surface area contributed by atoms with Crippen LogP contribution < -0.4 is 4.72 Å². The van der Waals surface area contributed by atoms with Gasteiger partial charge in [-0.2, -0.15) is 74.6 Å². The molecule has 0 fully saturated rings. The molecule has 2 atom stereocenters. The van der Waals surface area contributed by atoms with Crippen molar-refractivity contribution in [3.8, 4) is 0 Å². The van der Waals surface area contributed by atoms with Crippen molar-refractivity contribution in [1.82, 2.24) is 4.72 Å². The smallest absolute Gasteiger partial charge is 0.294 e. The lowest BCUT2D eigenvalue weighted by molar-refractivity contribution is -0.463. The first-order valence-corrected chi connectivity index (χ1v) is 9.79. The van der Waals surface area contributed by atoms with Gasteiger partial charge in [0, 0.05) is 12.5 Å². The molecule has 0 aliphatic rings. The van der Waals surface area contributed by atoms with Crippen LogP contribution in [0.25, 0.3) is 0 Å². The van der Waals surface area contributed by atoms with E-state index in [1.807, 2.05) is 0 Å². The summed E-state index contributed by atoms with van der Waals surface area (Å²) in [6.07, 6.45) is -9.97. The molecule has 0 radical (unpaired) electrons. The maximum Gasteiger partial charge on any atom is 0.460 e. The molecule has 35 heavy (non-hydrogen) atoms. The van der Waals surface area contributed by atoms with Crippen LogP contribution >= 0.6 is 0 Å². The van der Waals surface area contributed by atoms with E-state index in [2.05, 4.69) is 0 Å². The minimum absolute atomic E-state index is 0.191. The molecule has 2 unspecified atom stereocenters. The van der Waals surface area contributed by atoms with Crippen LogP contribution in [0.1, 0.15) is 26.2 Å². The molecular formula is C14H14F17NO2S. The normalized spacial score (nSPS) is 17.5. The molecule has 0 saturated carbocycles. The molecule has 21 heteroatoms. The minimum atomic E-state index is -8.69. The van der Waals surface area contributed by atoms with E-state index < -0.39 is 84.2 Å². The van der Waals surface area contributed by atoms with E-state index in [-0.39, 0.29) is 6.42 Å². The molecule has 212 valence electrons. The number of hydrogen-bond acceptors (Lipinski definition) is 1. The van der Waals surface area contributed by atoms with Gasteiger partial charge in [-0.15, -0.1) is 0 Å². The standard InChI is InChI=1S/C14H14F17NO2S/c1-2-3-4-6(5-32-35(33)34)7(15,16)8(17,18)9(19,20)10(21,22)11(23,24)12(25,26)13(27,28)14(29,30)31/h6,32H,2-5H2,1H3,(H,33,34). The lowest BCUT2D eigenvalue weighted by Crippen LogP contribution is -2.75. The Morgan fingerprint density at radius 1 is 0.657 bits per heavy atom. The summed E-state index contributed by atoms with van der Waals surface area (Å²) < 4.78 is 246. The van der Waals surface area contributed by atoms with Crippen LogP contribution in [0.15, 0.2) is 0 Å². The number of hydrogen-bond donors (Lipinski definition) is 2. The summed E-state index contributed by atoms with van der Waals surface area (Å²) in [6.45, 7) is -0.677. The Morgan fingerprint density at radius 2 is 1.00 bits per heavy atom. The van der Waals surface area contributed by atoms with Crippen molar-refractivity contribution >= 4 is 11.3 Å². The number of unbranched alkanes of at least 4 members (excludes halogenated alkanes) is 1. The number of halogens is 17. The molecule has 3 nitrogen and oxygen atoms in total. The average Bonchev–Trinajstić information content (AvgIpc) is 2.65. The van der Waals surface area contributed by atoms with Gasteiger partial charge < -0.3 is 0 Å². The fourth-order valence-corrected chi connectivity index (χ4v) is 2.81. The van der Waals surface area contributed by atoms with Crippen LogP contribution in [0.3, 0.4) is 0 Å². The van der Waals surface area contributed by atoms with Crippen molar-refractivity contribution in [3.05, 3.63) is 0 Å². The molecule has 0 heterocycles. The first-order chi connectivity index (χ1) is 15.1. The summed E-state index contributed by atoms with van der Waals surface area (Å²) in [4.78, 5) is 0. The van der Waals surface area contributed by atoms with E-state index in [9.17, 15) is 78.8 Å². The van der Waals surface area contributed by atoms with Crippen LogP contribution in [-0.4, -0.2) is 62.9 Å². The summed E-state index contributed by atoms with van der Waals surface area (Å²) in [7, 11) is 0. The van der Waals surface area contributed by atoms with Gasteiger partial charge in [0.15, 0.2) is 0 Å². The lowest BCUT2D eigenvalue weighted by atomic mass is 9.83. The Morgan fingerprint density at radius 3 is 1.31 bits per heavy atom. The van der Waals surface area contributed by atoms with Gasteiger partial charge in [0.25, 0.3) is 0 Å². The molecular weight excluding hydrogens is 569 g/mol. The highest BCUT2D eigenvalue weighted by Gasteiger charge is 2.95. The highest BCUT2D eigenvalue weighted by molar-refractivity contribution is 7.77. The number of alkyl halides is 17. The van der Waals surface area contributed by atoms with Gasteiger partial charge in [-0.25, -0.2) is 8.93 Å². The van der Waals surface area contributed by atoms with Crippen molar-refractivity contribution in [1.29, 1.82) is 0 Å². The molecule has 0 aliphatic carbocycles. The second-order valence-corrected chi connectivity index (χ2v) is 7.79. The average molecular weight is 583 g/mol. The molecule has 0 aromatic rings. The van der Waals surface area contributed by atoms with Crippen molar-refractivity contribution in [2.24, 2.45) is 5.92 Å². The van der Waals surface area contributed by atoms with E-state index in [1.54, 1.807) is 0 Å². The zero-order chi connectivity index (χ0) is 28.7. The predicted molar refractivity (Wildman–Crippen MR) is 82.5 cm³/mol. The summed E-state index contributed by atoms with van der Waals surface area (Å²) in [5.41, 5.74) is 0. The SMILES string of the molecule is CCCCC(CNS(=O)O)C(F)(F)C(F)(F)C(F)(F)C(F)(F)C(F)(F)C(F)(F)C(F)(F)C(F)(F)F. The summed E-state index contributed by atoms with van der Waals surface area (Å²) in [6, 6.07) is 0. The second-order valence-electron chi connectivity index (χ2n) is 7.00.